The quantitative estimate of drug-likeness (QED) is 0.646. The molecule has 1 aromatic carbocycles. The van der Waals surface area contributed by atoms with Crippen LogP contribution in [0.2, 0.25) is 0 Å². The van der Waals surface area contributed by atoms with E-state index in [4.69, 9.17) is 4.74 Å². The van der Waals surface area contributed by atoms with Gasteiger partial charge in [0.25, 0.3) is 0 Å². The molecule has 0 heterocycles. The zero-order valence-electron chi connectivity index (χ0n) is 7.66. The molecule has 0 fully saturated rings. The molecule has 0 bridgehead atoms. The van der Waals surface area contributed by atoms with Gasteiger partial charge in [-0.25, -0.2) is 4.39 Å². The lowest BCUT2D eigenvalue weighted by molar-refractivity contribution is 0.360. The van der Waals surface area contributed by atoms with Crippen molar-refractivity contribution in [1.29, 1.82) is 0 Å². The molecule has 2 heteroatoms. The van der Waals surface area contributed by atoms with Gasteiger partial charge >= 0.3 is 0 Å². The Morgan fingerprint density at radius 1 is 1.38 bits per heavy atom. The second kappa shape index (κ2) is 5.36. The smallest absolute Gasteiger partial charge is 0.126 e. The van der Waals surface area contributed by atoms with Crippen molar-refractivity contribution in [3.8, 4) is 5.75 Å². The zero-order chi connectivity index (χ0) is 9.52. The van der Waals surface area contributed by atoms with Crippen LogP contribution in [0.5, 0.6) is 5.75 Å². The summed E-state index contributed by atoms with van der Waals surface area (Å²) in [6.07, 6.45) is 4.93. The molecule has 0 aliphatic carbocycles. The van der Waals surface area contributed by atoms with E-state index in [-0.39, 0.29) is 5.82 Å². The first kappa shape index (κ1) is 9.78. The SMILES string of the molecule is CCC=CCOc1cccc(F)c1. The van der Waals surface area contributed by atoms with Crippen LogP contribution in [-0.2, 0) is 0 Å². The second-order valence-electron chi connectivity index (χ2n) is 2.65. The van der Waals surface area contributed by atoms with E-state index in [1.807, 2.05) is 12.2 Å². The number of ether oxygens (including phenoxy) is 1. The highest BCUT2D eigenvalue weighted by molar-refractivity contribution is 5.22. The van der Waals surface area contributed by atoms with E-state index in [2.05, 4.69) is 6.92 Å². The summed E-state index contributed by atoms with van der Waals surface area (Å²) in [6, 6.07) is 6.14. The molecule has 0 radical (unpaired) electrons. The van der Waals surface area contributed by atoms with E-state index < -0.39 is 0 Å². The van der Waals surface area contributed by atoms with E-state index in [1.165, 1.54) is 12.1 Å². The molecule has 1 aromatic rings. The van der Waals surface area contributed by atoms with Crippen LogP contribution in [-0.4, -0.2) is 6.61 Å². The van der Waals surface area contributed by atoms with E-state index in [0.717, 1.165) is 6.42 Å². The Labute approximate surface area is 77.8 Å². The minimum absolute atomic E-state index is 0.267. The molecule has 0 atom stereocenters. The number of rotatable bonds is 4. The third-order valence-corrected chi connectivity index (χ3v) is 1.54. The highest BCUT2D eigenvalue weighted by atomic mass is 19.1. The van der Waals surface area contributed by atoms with Gasteiger partial charge in [-0.1, -0.05) is 25.1 Å². The molecular formula is C11H13FO. The van der Waals surface area contributed by atoms with Crippen LogP contribution in [0.15, 0.2) is 36.4 Å². The van der Waals surface area contributed by atoms with Gasteiger partial charge in [-0.15, -0.1) is 0 Å². The van der Waals surface area contributed by atoms with Gasteiger partial charge in [0.15, 0.2) is 0 Å². The molecule has 0 N–H and O–H groups in total. The Balaban J connectivity index is 2.41. The predicted molar refractivity (Wildman–Crippen MR) is 51.3 cm³/mol. The van der Waals surface area contributed by atoms with Crippen molar-refractivity contribution in [2.45, 2.75) is 13.3 Å². The van der Waals surface area contributed by atoms with E-state index in [9.17, 15) is 4.39 Å². The van der Waals surface area contributed by atoms with Gasteiger partial charge in [0.1, 0.15) is 18.2 Å². The van der Waals surface area contributed by atoms with Gasteiger partial charge in [-0.2, -0.15) is 0 Å². The van der Waals surface area contributed by atoms with Gasteiger partial charge in [-0.3, -0.25) is 0 Å². The largest absolute Gasteiger partial charge is 0.489 e. The Kier molecular flexibility index (Phi) is 4.03. The van der Waals surface area contributed by atoms with E-state index >= 15 is 0 Å². The molecule has 0 aliphatic heterocycles. The zero-order valence-corrected chi connectivity index (χ0v) is 7.66. The average Bonchev–Trinajstić information content (AvgIpc) is 2.13. The van der Waals surface area contributed by atoms with Crippen LogP contribution in [0.1, 0.15) is 13.3 Å². The van der Waals surface area contributed by atoms with Crippen LogP contribution >= 0.6 is 0 Å². The summed E-state index contributed by atoms with van der Waals surface area (Å²) in [5.74, 6) is 0.303. The standard InChI is InChI=1S/C11H13FO/c1-2-3-4-8-13-11-7-5-6-10(12)9-11/h3-7,9H,2,8H2,1H3. The Morgan fingerprint density at radius 3 is 2.92 bits per heavy atom. The van der Waals surface area contributed by atoms with Crippen molar-refractivity contribution >= 4 is 0 Å². The van der Waals surface area contributed by atoms with Crippen molar-refractivity contribution in [3.05, 3.63) is 42.2 Å². The van der Waals surface area contributed by atoms with Crippen LogP contribution in [0, 0.1) is 5.82 Å². The lowest BCUT2D eigenvalue weighted by Gasteiger charge is -2.01. The number of benzene rings is 1. The number of hydrogen-bond acceptors (Lipinski definition) is 1. The molecule has 1 rings (SSSR count). The lowest BCUT2D eigenvalue weighted by Crippen LogP contribution is -1.93. The van der Waals surface area contributed by atoms with Gasteiger partial charge in [-0.05, 0) is 18.6 Å². The molecule has 0 saturated carbocycles. The second-order valence-corrected chi connectivity index (χ2v) is 2.65. The number of hydrogen-bond donors (Lipinski definition) is 0. The summed E-state index contributed by atoms with van der Waals surface area (Å²) >= 11 is 0. The van der Waals surface area contributed by atoms with Crippen molar-refractivity contribution in [2.75, 3.05) is 6.61 Å². The summed E-state index contributed by atoms with van der Waals surface area (Å²) in [6.45, 7) is 2.55. The Morgan fingerprint density at radius 2 is 2.23 bits per heavy atom. The molecule has 1 nitrogen and oxygen atoms in total. The molecular weight excluding hydrogens is 167 g/mol. The van der Waals surface area contributed by atoms with Crippen molar-refractivity contribution in [3.63, 3.8) is 0 Å². The summed E-state index contributed by atoms with van der Waals surface area (Å²) in [4.78, 5) is 0. The first-order valence-electron chi connectivity index (χ1n) is 4.36. The van der Waals surface area contributed by atoms with Gasteiger partial charge in [0.05, 0.1) is 0 Å². The summed E-state index contributed by atoms with van der Waals surface area (Å²) < 4.78 is 17.9. The van der Waals surface area contributed by atoms with Crippen molar-refractivity contribution < 1.29 is 9.13 Å². The highest BCUT2D eigenvalue weighted by Gasteiger charge is 1.92. The number of halogens is 1. The molecule has 13 heavy (non-hydrogen) atoms. The van der Waals surface area contributed by atoms with Crippen LogP contribution in [0.25, 0.3) is 0 Å². The first-order chi connectivity index (χ1) is 6.33. The average molecular weight is 180 g/mol. The van der Waals surface area contributed by atoms with Gasteiger partial charge in [0, 0.05) is 6.07 Å². The Hall–Kier alpha value is -1.31. The molecule has 0 unspecified atom stereocenters. The lowest BCUT2D eigenvalue weighted by atomic mass is 10.3. The van der Waals surface area contributed by atoms with Crippen LogP contribution in [0.3, 0.4) is 0 Å². The summed E-state index contributed by atoms with van der Waals surface area (Å²) in [5, 5.41) is 0. The molecule has 0 aromatic heterocycles. The summed E-state index contributed by atoms with van der Waals surface area (Å²) in [7, 11) is 0. The van der Waals surface area contributed by atoms with E-state index in [1.54, 1.807) is 12.1 Å². The minimum Gasteiger partial charge on any atom is -0.489 e. The molecule has 0 amide bonds. The Bertz CT molecular complexity index is 281. The van der Waals surface area contributed by atoms with Crippen molar-refractivity contribution in [1.82, 2.24) is 0 Å². The molecule has 70 valence electrons. The molecule has 0 spiro atoms. The minimum atomic E-state index is -0.267. The normalized spacial score (nSPS) is 10.6. The summed E-state index contributed by atoms with van der Waals surface area (Å²) in [5.41, 5.74) is 0. The molecule has 0 aliphatic rings. The third-order valence-electron chi connectivity index (χ3n) is 1.54. The van der Waals surface area contributed by atoms with Gasteiger partial charge in [0.2, 0.25) is 0 Å². The number of allylic oxidation sites excluding steroid dienone is 1. The van der Waals surface area contributed by atoms with Crippen LogP contribution < -0.4 is 4.74 Å². The van der Waals surface area contributed by atoms with Gasteiger partial charge < -0.3 is 4.74 Å². The first-order valence-corrected chi connectivity index (χ1v) is 4.36. The van der Waals surface area contributed by atoms with E-state index in [0.29, 0.717) is 12.4 Å². The van der Waals surface area contributed by atoms with Crippen molar-refractivity contribution in [2.24, 2.45) is 0 Å². The fourth-order valence-corrected chi connectivity index (χ4v) is 0.936. The fraction of sp³-hybridized carbons (Fsp3) is 0.273. The van der Waals surface area contributed by atoms with Crippen LogP contribution in [0.4, 0.5) is 4.39 Å². The maximum Gasteiger partial charge on any atom is 0.126 e. The maximum absolute atomic E-state index is 12.6. The predicted octanol–water partition coefficient (Wildman–Crippen LogP) is 3.17. The fourth-order valence-electron chi connectivity index (χ4n) is 0.936. The third kappa shape index (κ3) is 3.74. The molecule has 0 saturated heterocycles. The maximum atomic E-state index is 12.6. The monoisotopic (exact) mass is 180 g/mol. The topological polar surface area (TPSA) is 9.23 Å². The highest BCUT2D eigenvalue weighted by Crippen LogP contribution is 2.11.